The molecule has 0 spiro atoms. The molecule has 0 unspecified atom stereocenters. The zero-order valence-corrected chi connectivity index (χ0v) is 14.8. The molecule has 1 aromatic heterocycles. The summed E-state index contributed by atoms with van der Waals surface area (Å²) in [6, 6.07) is 13.8. The first-order valence-corrected chi connectivity index (χ1v) is 9.05. The summed E-state index contributed by atoms with van der Waals surface area (Å²) >= 11 is 0. The van der Waals surface area contributed by atoms with Gasteiger partial charge in [-0.15, -0.1) is 0 Å². The SMILES string of the molecule is Nc1ccc(-n2cnc3cc(OCCCN4CCOCC4)ccc32)cc1. The topological polar surface area (TPSA) is 65.5 Å². The number of imidazole rings is 1. The molecule has 0 radical (unpaired) electrons. The predicted octanol–water partition coefficient (Wildman–Crippen LogP) is 2.71. The van der Waals surface area contributed by atoms with E-state index in [1.165, 1.54) is 0 Å². The first-order valence-electron chi connectivity index (χ1n) is 9.05. The molecule has 3 aromatic rings. The Labute approximate surface area is 153 Å². The molecule has 6 heteroatoms. The van der Waals surface area contributed by atoms with Gasteiger partial charge in [-0.25, -0.2) is 4.98 Å². The van der Waals surface area contributed by atoms with Crippen molar-refractivity contribution < 1.29 is 9.47 Å². The molecule has 0 atom stereocenters. The Morgan fingerprint density at radius 3 is 2.69 bits per heavy atom. The van der Waals surface area contributed by atoms with E-state index in [0.29, 0.717) is 6.61 Å². The maximum atomic E-state index is 5.91. The van der Waals surface area contributed by atoms with Crippen molar-refractivity contribution in [3.63, 3.8) is 0 Å². The van der Waals surface area contributed by atoms with Gasteiger partial charge >= 0.3 is 0 Å². The molecule has 2 heterocycles. The van der Waals surface area contributed by atoms with Crippen molar-refractivity contribution in [1.82, 2.24) is 14.5 Å². The molecular weight excluding hydrogens is 328 g/mol. The number of fused-ring (bicyclic) bond motifs is 1. The second-order valence-corrected chi connectivity index (χ2v) is 6.51. The van der Waals surface area contributed by atoms with E-state index in [0.717, 1.165) is 67.4 Å². The molecule has 0 aliphatic carbocycles. The van der Waals surface area contributed by atoms with E-state index in [2.05, 4.69) is 20.5 Å². The van der Waals surface area contributed by atoms with Crippen LogP contribution in [0.3, 0.4) is 0 Å². The number of rotatable bonds is 6. The minimum absolute atomic E-state index is 0.710. The van der Waals surface area contributed by atoms with Crippen LogP contribution in [0.1, 0.15) is 6.42 Å². The maximum Gasteiger partial charge on any atom is 0.121 e. The molecule has 26 heavy (non-hydrogen) atoms. The van der Waals surface area contributed by atoms with E-state index in [4.69, 9.17) is 15.2 Å². The molecule has 1 aliphatic rings. The summed E-state index contributed by atoms with van der Waals surface area (Å²) < 4.78 is 13.3. The lowest BCUT2D eigenvalue weighted by Crippen LogP contribution is -2.37. The first kappa shape index (κ1) is 16.9. The van der Waals surface area contributed by atoms with Gasteiger partial charge in [0.05, 0.1) is 30.9 Å². The summed E-state index contributed by atoms with van der Waals surface area (Å²) in [7, 11) is 0. The number of ether oxygens (including phenoxy) is 2. The van der Waals surface area contributed by atoms with Crippen molar-refractivity contribution in [2.45, 2.75) is 6.42 Å². The summed E-state index contributed by atoms with van der Waals surface area (Å²) in [5.41, 5.74) is 9.54. The Balaban J connectivity index is 1.38. The minimum Gasteiger partial charge on any atom is -0.493 e. The van der Waals surface area contributed by atoms with Crippen molar-refractivity contribution in [3.8, 4) is 11.4 Å². The van der Waals surface area contributed by atoms with Crippen molar-refractivity contribution in [2.24, 2.45) is 0 Å². The predicted molar refractivity (Wildman–Crippen MR) is 103 cm³/mol. The molecule has 6 nitrogen and oxygen atoms in total. The third-order valence-corrected chi connectivity index (χ3v) is 4.68. The molecular formula is C20H24N4O2. The molecule has 2 N–H and O–H groups in total. The fraction of sp³-hybridized carbons (Fsp3) is 0.350. The highest BCUT2D eigenvalue weighted by molar-refractivity contribution is 5.79. The molecule has 4 rings (SSSR count). The van der Waals surface area contributed by atoms with Gasteiger partial charge in [-0.1, -0.05) is 0 Å². The Bertz CT molecular complexity index is 854. The third kappa shape index (κ3) is 3.81. The van der Waals surface area contributed by atoms with Gasteiger partial charge in [-0.2, -0.15) is 0 Å². The second kappa shape index (κ2) is 7.76. The Hall–Kier alpha value is -2.57. The lowest BCUT2D eigenvalue weighted by atomic mass is 10.2. The average Bonchev–Trinajstić information content (AvgIpc) is 3.10. The van der Waals surface area contributed by atoms with Gasteiger partial charge < -0.3 is 15.2 Å². The highest BCUT2D eigenvalue weighted by atomic mass is 16.5. The number of aromatic nitrogens is 2. The monoisotopic (exact) mass is 352 g/mol. The average molecular weight is 352 g/mol. The zero-order chi connectivity index (χ0) is 17.8. The fourth-order valence-corrected chi connectivity index (χ4v) is 3.23. The van der Waals surface area contributed by atoms with Crippen molar-refractivity contribution in [3.05, 3.63) is 48.8 Å². The van der Waals surface area contributed by atoms with Crippen LogP contribution in [0.2, 0.25) is 0 Å². The number of hydrogen-bond donors (Lipinski definition) is 1. The molecule has 1 fully saturated rings. The zero-order valence-electron chi connectivity index (χ0n) is 14.8. The van der Waals surface area contributed by atoms with Gasteiger partial charge in [0.1, 0.15) is 12.1 Å². The van der Waals surface area contributed by atoms with Crippen LogP contribution in [-0.2, 0) is 4.74 Å². The number of hydrogen-bond acceptors (Lipinski definition) is 5. The van der Waals surface area contributed by atoms with E-state index in [9.17, 15) is 0 Å². The van der Waals surface area contributed by atoms with Crippen LogP contribution < -0.4 is 10.5 Å². The van der Waals surface area contributed by atoms with E-state index < -0.39 is 0 Å². The summed E-state index contributed by atoms with van der Waals surface area (Å²) in [6.45, 7) is 5.49. The fourth-order valence-electron chi connectivity index (χ4n) is 3.23. The van der Waals surface area contributed by atoms with Crippen molar-refractivity contribution >= 4 is 16.7 Å². The van der Waals surface area contributed by atoms with E-state index in [1.807, 2.05) is 42.7 Å². The van der Waals surface area contributed by atoms with Gasteiger partial charge in [0.15, 0.2) is 0 Å². The van der Waals surface area contributed by atoms with Gasteiger partial charge in [-0.3, -0.25) is 9.47 Å². The highest BCUT2D eigenvalue weighted by Crippen LogP contribution is 2.23. The van der Waals surface area contributed by atoms with Crippen LogP contribution in [0.5, 0.6) is 5.75 Å². The number of anilines is 1. The highest BCUT2D eigenvalue weighted by Gasteiger charge is 2.10. The summed E-state index contributed by atoms with van der Waals surface area (Å²) in [4.78, 5) is 6.93. The molecule has 1 saturated heterocycles. The standard InChI is InChI=1S/C20H24N4O2/c21-16-2-4-17(5-3-16)24-15-22-19-14-18(6-7-20(19)24)26-11-1-8-23-9-12-25-13-10-23/h2-7,14-15H,1,8-13,21H2. The number of benzene rings is 2. The Morgan fingerprint density at radius 2 is 1.88 bits per heavy atom. The molecule has 0 saturated carbocycles. The summed E-state index contributed by atoms with van der Waals surface area (Å²) in [5, 5.41) is 0. The molecule has 2 aromatic carbocycles. The number of nitrogens with two attached hydrogens (primary N) is 1. The van der Waals surface area contributed by atoms with Crippen LogP contribution in [0.15, 0.2) is 48.8 Å². The number of morpholine rings is 1. The second-order valence-electron chi connectivity index (χ2n) is 6.51. The number of nitrogen functional groups attached to an aromatic ring is 1. The van der Waals surface area contributed by atoms with E-state index >= 15 is 0 Å². The summed E-state index contributed by atoms with van der Waals surface area (Å²) in [5.74, 6) is 0.863. The van der Waals surface area contributed by atoms with Crippen LogP contribution in [0.4, 0.5) is 5.69 Å². The van der Waals surface area contributed by atoms with Crippen molar-refractivity contribution in [1.29, 1.82) is 0 Å². The van der Waals surface area contributed by atoms with Gasteiger partial charge in [0.25, 0.3) is 0 Å². The molecule has 136 valence electrons. The van der Waals surface area contributed by atoms with Gasteiger partial charge in [-0.05, 0) is 42.8 Å². The Kier molecular flexibility index (Phi) is 5.04. The van der Waals surface area contributed by atoms with Gasteiger partial charge in [0, 0.05) is 37.1 Å². The van der Waals surface area contributed by atoms with E-state index in [1.54, 1.807) is 0 Å². The quantitative estimate of drug-likeness (QED) is 0.546. The molecule has 0 bridgehead atoms. The largest absolute Gasteiger partial charge is 0.493 e. The summed E-state index contributed by atoms with van der Waals surface area (Å²) in [6.07, 6.45) is 2.84. The van der Waals surface area contributed by atoms with Crippen LogP contribution >= 0.6 is 0 Å². The van der Waals surface area contributed by atoms with Crippen LogP contribution in [-0.4, -0.2) is 53.9 Å². The van der Waals surface area contributed by atoms with Gasteiger partial charge in [0.2, 0.25) is 0 Å². The first-order chi connectivity index (χ1) is 12.8. The molecule has 0 amide bonds. The lowest BCUT2D eigenvalue weighted by molar-refractivity contribution is 0.0358. The smallest absolute Gasteiger partial charge is 0.121 e. The third-order valence-electron chi connectivity index (χ3n) is 4.68. The number of nitrogens with zero attached hydrogens (tertiary/aromatic N) is 3. The van der Waals surface area contributed by atoms with Crippen molar-refractivity contribution in [2.75, 3.05) is 45.2 Å². The maximum absolute atomic E-state index is 5.91. The van der Waals surface area contributed by atoms with Crippen LogP contribution in [0.25, 0.3) is 16.7 Å². The normalized spacial score (nSPS) is 15.4. The molecule has 1 aliphatic heterocycles. The van der Waals surface area contributed by atoms with E-state index in [-0.39, 0.29) is 0 Å². The minimum atomic E-state index is 0.710. The Morgan fingerprint density at radius 1 is 1.08 bits per heavy atom. The van der Waals surface area contributed by atoms with Crippen LogP contribution in [0, 0.1) is 0 Å². The lowest BCUT2D eigenvalue weighted by Gasteiger charge is -2.26.